The Hall–Kier alpha value is -7.39. The fraction of sp³-hybridized carbons (Fsp3) is 0.308. The number of carbonyl (C=O) groups is 2. The van der Waals surface area contributed by atoms with E-state index in [9.17, 15) is 111 Å². The van der Waals surface area contributed by atoms with Crippen LogP contribution in [0, 0.1) is 11.6 Å². The minimum absolute atomic E-state index is 0.0257. The van der Waals surface area contributed by atoms with Crippen molar-refractivity contribution in [1.82, 2.24) is 20.6 Å². The molecule has 1 aliphatic heterocycles. The molecule has 2 unspecified atom stereocenters. The van der Waals surface area contributed by atoms with E-state index in [1.165, 1.54) is 60.7 Å². The molecule has 472 valence electrons. The number of hydrogen-bond acceptors (Lipinski definition) is 8. The third kappa shape index (κ3) is 14.6. The quantitative estimate of drug-likeness (QED) is 0.0539. The van der Waals surface area contributed by atoms with Crippen molar-refractivity contribution in [2.24, 2.45) is 0 Å². The topological polar surface area (TPSA) is 135 Å². The van der Waals surface area contributed by atoms with E-state index in [-0.39, 0.29) is 39.0 Å². The largest absolute Gasteiger partial charge is 0.461 e. The summed E-state index contributed by atoms with van der Waals surface area (Å²) in [6.45, 7) is 0. The lowest BCUT2D eigenvalue weighted by molar-refractivity contribution is -0.380. The van der Waals surface area contributed by atoms with Crippen LogP contribution in [0.4, 0.5) is 101 Å². The van der Waals surface area contributed by atoms with Gasteiger partial charge >= 0.3 is 49.8 Å². The first-order chi connectivity index (χ1) is 40.0. The second-order valence-electron chi connectivity index (χ2n) is 18.5. The van der Waals surface area contributed by atoms with Crippen LogP contribution in [0.3, 0.4) is 0 Å². The molecule has 3 N–H and O–H groups in total. The number of epoxide rings is 1. The summed E-state index contributed by atoms with van der Waals surface area (Å²) in [6.07, 6.45) is -52.6. The lowest BCUT2D eigenvalue weighted by Crippen LogP contribution is -2.67. The van der Waals surface area contributed by atoms with Crippen molar-refractivity contribution in [1.29, 1.82) is 0 Å². The van der Waals surface area contributed by atoms with E-state index in [0.717, 1.165) is 36.7 Å². The Bertz CT molecular complexity index is 3340. The van der Waals surface area contributed by atoms with E-state index in [2.05, 4.69) is 24.2 Å². The van der Waals surface area contributed by atoms with Crippen LogP contribution in [0.15, 0.2) is 134 Å². The minimum Gasteiger partial charge on any atom is -0.428 e. The van der Waals surface area contributed by atoms with Gasteiger partial charge in [0.15, 0.2) is 6.10 Å². The molecular weight excluding hydrogens is 1280 g/mol. The van der Waals surface area contributed by atoms with Crippen LogP contribution in [0.1, 0.15) is 33.6 Å². The molecule has 3 heterocycles. The molecule has 6 aromatic rings. The molecule has 0 bridgehead atoms. The normalized spacial score (nSPS) is 16.6. The Balaban J connectivity index is 0.000000278. The summed E-state index contributed by atoms with van der Waals surface area (Å²) in [5, 5.41) is 12.9. The van der Waals surface area contributed by atoms with Crippen molar-refractivity contribution < 1.29 is 130 Å². The van der Waals surface area contributed by atoms with E-state index in [1.807, 2.05) is 5.32 Å². The number of aliphatic hydroxyl groups is 1. The first-order valence-corrected chi connectivity index (χ1v) is 24.3. The van der Waals surface area contributed by atoms with Gasteiger partial charge in [-0.05, 0) is 70.8 Å². The molecular formula is C52H33Cl2F23N4O6. The van der Waals surface area contributed by atoms with E-state index in [4.69, 9.17) is 23.2 Å². The predicted molar refractivity (Wildman–Crippen MR) is 254 cm³/mol. The highest BCUT2D eigenvalue weighted by Crippen LogP contribution is 2.59. The number of ether oxygens (including phenoxy) is 3. The highest BCUT2D eigenvalue weighted by Gasteiger charge is 2.89. The van der Waals surface area contributed by atoms with Crippen LogP contribution in [0.5, 0.6) is 11.5 Å². The van der Waals surface area contributed by atoms with E-state index in [0.29, 0.717) is 24.3 Å². The minimum atomic E-state index is -6.80. The van der Waals surface area contributed by atoms with Crippen molar-refractivity contribution in [2.45, 2.75) is 97.2 Å². The highest BCUT2D eigenvalue weighted by atomic mass is 35.5. The second kappa shape index (κ2) is 25.0. The van der Waals surface area contributed by atoms with Gasteiger partial charge in [0.1, 0.15) is 34.2 Å². The van der Waals surface area contributed by atoms with Crippen LogP contribution in [-0.2, 0) is 38.2 Å². The number of halogens is 25. The lowest BCUT2D eigenvalue weighted by atomic mass is 9.79. The number of rotatable bonds is 19. The SMILES string of the molecule is O=C(N[C@@](Cc1ccccc1)(c1cc(F)cc(OC(F)(F)C(F)F)c1)c1ccc(Cl)cn1)C(F)C(O)(C(F)(F)F)C(F)(F)F.O=C(N[C@@](Cc1ccccc1)(c1cc(F)cc(OC(F)(F)C(F)F)c1)c1ccc(Cl)cn1)C1OC1(C(F)(F)F)C(F)(F)F. The van der Waals surface area contributed by atoms with Gasteiger partial charge in [0.2, 0.25) is 6.17 Å². The number of benzene rings is 4. The number of nitrogens with one attached hydrogen (secondary N) is 2. The maximum Gasteiger partial charge on any atom is 0.461 e. The van der Waals surface area contributed by atoms with Gasteiger partial charge in [-0.25, -0.2) is 13.2 Å². The second-order valence-corrected chi connectivity index (χ2v) is 19.3. The summed E-state index contributed by atoms with van der Waals surface area (Å²) in [5.74, 6) is -10.3. The molecule has 10 nitrogen and oxygen atoms in total. The van der Waals surface area contributed by atoms with E-state index in [1.54, 1.807) is 5.32 Å². The Kier molecular flexibility index (Phi) is 19.8. The third-order valence-electron chi connectivity index (χ3n) is 12.5. The standard InChI is InChI=1S/C26H17ClF12N2O3.C26H16ClF11N2O3/c27-15-6-7-18(40-12-15)22(11-13-4-2-1-3-5-13,14-8-16(28)10-17(9-14)44-24(32,33)21(30)31)41-20(42)19(29)23(43,25(34,35)36)26(37,38)39;27-15-6-7-18(39-12-15)22(11-13-4-2-1-3-5-13,14-8-16(28)10-17(9-14)42-24(31,32)21(29)30)40-20(41)19-23(43-19,25(33,34)35)26(36,37)38/h1-10,12,19,21,43H,11H2,(H,41,42);1-10,12,19,21H,11H2,(H,40,41)/t2*19?,22-/m00/s1. The van der Waals surface area contributed by atoms with Crippen LogP contribution >= 0.6 is 23.2 Å². The molecule has 0 aliphatic carbocycles. The van der Waals surface area contributed by atoms with Crippen molar-refractivity contribution in [3.05, 3.63) is 189 Å². The van der Waals surface area contributed by atoms with Crippen molar-refractivity contribution in [3.63, 3.8) is 0 Å². The molecule has 0 saturated carbocycles. The van der Waals surface area contributed by atoms with Gasteiger partial charge < -0.3 is 30.0 Å². The van der Waals surface area contributed by atoms with Gasteiger partial charge in [-0.3, -0.25) is 19.6 Å². The number of alkyl halides is 21. The average Bonchev–Trinajstić information content (AvgIpc) is 1.55. The number of nitrogens with zero attached hydrogens (tertiary/aromatic N) is 2. The Morgan fingerprint density at radius 2 is 0.920 bits per heavy atom. The fourth-order valence-corrected chi connectivity index (χ4v) is 8.63. The fourth-order valence-electron chi connectivity index (χ4n) is 8.41. The lowest BCUT2D eigenvalue weighted by Gasteiger charge is -2.39. The molecule has 87 heavy (non-hydrogen) atoms. The van der Waals surface area contributed by atoms with Crippen molar-refractivity contribution in [3.8, 4) is 11.5 Å². The molecule has 1 aliphatic rings. The zero-order chi connectivity index (χ0) is 65.3. The van der Waals surface area contributed by atoms with Crippen molar-refractivity contribution >= 4 is 35.0 Å². The molecule has 4 aromatic carbocycles. The first-order valence-electron chi connectivity index (χ1n) is 23.6. The Morgan fingerprint density at radius 1 is 0.552 bits per heavy atom. The molecule has 2 aromatic heterocycles. The summed E-state index contributed by atoms with van der Waals surface area (Å²) in [7, 11) is 0. The molecule has 35 heteroatoms. The van der Waals surface area contributed by atoms with Crippen molar-refractivity contribution in [2.75, 3.05) is 0 Å². The smallest absolute Gasteiger partial charge is 0.428 e. The number of pyridine rings is 2. The molecule has 0 radical (unpaired) electrons. The summed E-state index contributed by atoms with van der Waals surface area (Å²) >= 11 is 11.7. The summed E-state index contributed by atoms with van der Waals surface area (Å²) in [6, 6.07) is 20.6. The van der Waals surface area contributed by atoms with Crippen LogP contribution in [-0.4, -0.2) is 100 Å². The van der Waals surface area contributed by atoms with Crippen LogP contribution in [0.25, 0.3) is 0 Å². The predicted octanol–water partition coefficient (Wildman–Crippen LogP) is 13.9. The molecule has 0 spiro atoms. The number of carbonyl (C=O) groups excluding carboxylic acids is 2. The number of aromatic nitrogens is 2. The molecule has 2 amide bonds. The van der Waals surface area contributed by atoms with Gasteiger partial charge in [-0.2, -0.15) is 87.8 Å². The number of amides is 2. The first kappa shape index (κ1) is 68.7. The monoisotopic (exact) mass is 1320 g/mol. The molecule has 1 fully saturated rings. The zero-order valence-corrected chi connectivity index (χ0v) is 43.8. The Labute approximate surface area is 482 Å². The van der Waals surface area contributed by atoms with E-state index >= 15 is 4.39 Å². The van der Waals surface area contributed by atoms with Gasteiger partial charge in [-0.15, -0.1) is 0 Å². The average molecular weight is 1320 g/mol. The van der Waals surface area contributed by atoms with Gasteiger partial charge in [0, 0.05) is 37.4 Å². The van der Waals surface area contributed by atoms with Crippen LogP contribution in [0.2, 0.25) is 10.0 Å². The van der Waals surface area contributed by atoms with Crippen LogP contribution < -0.4 is 20.1 Å². The van der Waals surface area contributed by atoms with Gasteiger partial charge in [0.05, 0.1) is 21.4 Å². The summed E-state index contributed by atoms with van der Waals surface area (Å²) in [4.78, 5) is 34.0. The maximum atomic E-state index is 15.0. The molecule has 7 rings (SSSR count). The third-order valence-corrected chi connectivity index (χ3v) is 13.0. The number of hydrogen-bond donors (Lipinski definition) is 3. The zero-order valence-electron chi connectivity index (χ0n) is 42.3. The highest BCUT2D eigenvalue weighted by molar-refractivity contribution is 6.30. The van der Waals surface area contributed by atoms with Gasteiger partial charge in [-0.1, -0.05) is 83.9 Å². The molecule has 1 saturated heterocycles. The summed E-state index contributed by atoms with van der Waals surface area (Å²) in [5.41, 5.74) is -18.5. The Morgan fingerprint density at radius 3 is 1.23 bits per heavy atom. The van der Waals surface area contributed by atoms with Gasteiger partial charge in [0.25, 0.3) is 23.0 Å². The molecule has 4 atom stereocenters. The van der Waals surface area contributed by atoms with E-state index < -0.39 is 149 Å². The summed E-state index contributed by atoms with van der Waals surface area (Å²) < 4.78 is 324. The maximum absolute atomic E-state index is 15.0.